The number of hydrogen-bond acceptors (Lipinski definition) is 4. The molecule has 4 heteroatoms. The molecule has 298 valence electrons. The van der Waals surface area contributed by atoms with Gasteiger partial charge in [0.15, 0.2) is 0 Å². The molecule has 0 fully saturated rings. The first-order valence-electron chi connectivity index (χ1n) is 21.3. The average molecular weight is 799 g/mol. The molecule has 4 nitrogen and oxygen atoms in total. The summed E-state index contributed by atoms with van der Waals surface area (Å²) in [6.45, 7) is 4.15. The standard InChI is InChI=1S/C58H46N4/c1-40-13-30-58(62-39-40)49-27-29-54(55(37-49)51-28-22-46(38-59)33-41(51)2)53-10-4-3-9-52(53)50-35-44(16-14-42-18-23-47(24-19-42)56-11-5-7-31-60-56)34-45(36-50)17-15-43-20-25-48(26-21-43)57-12-6-8-32-61-57/h3-13,18-37,39H,14-17H2,1-2H3. The molecule has 3 heterocycles. The number of benzene rings is 6. The van der Waals surface area contributed by atoms with Crippen molar-refractivity contribution in [1.29, 1.82) is 5.26 Å². The van der Waals surface area contributed by atoms with Crippen LogP contribution in [0.25, 0.3) is 67.2 Å². The summed E-state index contributed by atoms with van der Waals surface area (Å²) in [4.78, 5) is 13.9. The maximum atomic E-state index is 9.73. The molecular formula is C58H46N4. The lowest BCUT2D eigenvalue weighted by Crippen LogP contribution is -1.98. The molecule has 9 rings (SSSR count). The summed E-state index contributed by atoms with van der Waals surface area (Å²) in [5.74, 6) is 0. The number of nitriles is 1. The highest BCUT2D eigenvalue weighted by atomic mass is 14.7. The van der Waals surface area contributed by atoms with Gasteiger partial charge in [-0.3, -0.25) is 15.0 Å². The highest BCUT2D eigenvalue weighted by Crippen LogP contribution is 2.42. The van der Waals surface area contributed by atoms with Crippen LogP contribution in [0, 0.1) is 25.2 Å². The molecular weight excluding hydrogens is 753 g/mol. The second kappa shape index (κ2) is 18.3. The molecule has 0 saturated carbocycles. The molecule has 9 aromatic rings. The maximum absolute atomic E-state index is 9.73. The Balaban J connectivity index is 1.09. The van der Waals surface area contributed by atoms with E-state index in [4.69, 9.17) is 4.98 Å². The van der Waals surface area contributed by atoms with Crippen LogP contribution in [0.4, 0.5) is 0 Å². The zero-order valence-electron chi connectivity index (χ0n) is 35.1. The first-order valence-corrected chi connectivity index (χ1v) is 21.3. The Hall–Kier alpha value is -7.74. The third kappa shape index (κ3) is 9.04. The molecule has 0 N–H and O–H groups in total. The Morgan fingerprint density at radius 3 is 1.47 bits per heavy atom. The maximum Gasteiger partial charge on any atom is 0.0991 e. The summed E-state index contributed by atoms with van der Waals surface area (Å²) in [6, 6.07) is 64.9. The summed E-state index contributed by atoms with van der Waals surface area (Å²) in [7, 11) is 0. The Bertz CT molecular complexity index is 2900. The van der Waals surface area contributed by atoms with Crippen molar-refractivity contribution in [2.75, 3.05) is 0 Å². The van der Waals surface area contributed by atoms with Crippen LogP contribution in [-0.4, -0.2) is 15.0 Å². The molecule has 62 heavy (non-hydrogen) atoms. The van der Waals surface area contributed by atoms with Gasteiger partial charge in [0, 0.05) is 35.3 Å². The van der Waals surface area contributed by atoms with E-state index in [-0.39, 0.29) is 0 Å². The molecule has 0 unspecified atom stereocenters. The zero-order chi connectivity index (χ0) is 42.3. The molecule has 0 aliphatic rings. The molecule has 0 aliphatic heterocycles. The van der Waals surface area contributed by atoms with Gasteiger partial charge in [-0.15, -0.1) is 0 Å². The van der Waals surface area contributed by atoms with E-state index in [1.807, 2.05) is 55.0 Å². The third-order valence-corrected chi connectivity index (χ3v) is 11.7. The fraction of sp³-hybridized carbons (Fsp3) is 0.103. The van der Waals surface area contributed by atoms with Gasteiger partial charge in [0.25, 0.3) is 0 Å². The predicted molar refractivity (Wildman–Crippen MR) is 254 cm³/mol. The monoisotopic (exact) mass is 798 g/mol. The van der Waals surface area contributed by atoms with E-state index in [0.717, 1.165) is 92.8 Å². The first-order chi connectivity index (χ1) is 30.5. The number of pyridine rings is 3. The highest BCUT2D eigenvalue weighted by molar-refractivity contribution is 5.94. The summed E-state index contributed by atoms with van der Waals surface area (Å²) in [5, 5.41) is 9.73. The molecule has 0 radical (unpaired) electrons. The number of aryl methyl sites for hydroxylation is 6. The van der Waals surface area contributed by atoms with Gasteiger partial charge in [-0.05, 0) is 155 Å². The summed E-state index contributed by atoms with van der Waals surface area (Å²) in [5.41, 5.74) is 21.2. The van der Waals surface area contributed by atoms with Crippen LogP contribution in [0.5, 0.6) is 0 Å². The molecule has 3 aromatic heterocycles. The lowest BCUT2D eigenvalue weighted by atomic mass is 9.85. The van der Waals surface area contributed by atoms with Gasteiger partial charge in [-0.2, -0.15) is 5.26 Å². The van der Waals surface area contributed by atoms with Crippen LogP contribution in [0.1, 0.15) is 38.9 Å². The number of nitrogens with zero attached hydrogens (tertiary/aromatic N) is 4. The smallest absolute Gasteiger partial charge is 0.0991 e. The van der Waals surface area contributed by atoms with Gasteiger partial charge in [-0.1, -0.05) is 127 Å². The van der Waals surface area contributed by atoms with Crippen molar-refractivity contribution in [1.82, 2.24) is 15.0 Å². The van der Waals surface area contributed by atoms with Crippen molar-refractivity contribution >= 4 is 0 Å². The molecule has 0 spiro atoms. The van der Waals surface area contributed by atoms with Crippen LogP contribution >= 0.6 is 0 Å². The first kappa shape index (κ1) is 39.7. The van der Waals surface area contributed by atoms with Crippen LogP contribution in [-0.2, 0) is 25.7 Å². The summed E-state index contributed by atoms with van der Waals surface area (Å²) in [6.07, 6.45) is 9.30. The summed E-state index contributed by atoms with van der Waals surface area (Å²) < 4.78 is 0. The van der Waals surface area contributed by atoms with Gasteiger partial charge in [0.2, 0.25) is 0 Å². The Labute approximate surface area is 364 Å². The average Bonchev–Trinajstić information content (AvgIpc) is 3.33. The second-order valence-corrected chi connectivity index (χ2v) is 16.0. The normalized spacial score (nSPS) is 11.0. The number of rotatable bonds is 12. The van der Waals surface area contributed by atoms with Crippen molar-refractivity contribution < 1.29 is 0 Å². The molecule has 6 aromatic carbocycles. The van der Waals surface area contributed by atoms with E-state index in [0.29, 0.717) is 5.56 Å². The van der Waals surface area contributed by atoms with Crippen molar-refractivity contribution in [2.24, 2.45) is 0 Å². The Kier molecular flexibility index (Phi) is 11.7. The van der Waals surface area contributed by atoms with Crippen LogP contribution in [0.2, 0.25) is 0 Å². The third-order valence-electron chi connectivity index (χ3n) is 11.7. The van der Waals surface area contributed by atoms with Crippen molar-refractivity contribution in [3.8, 4) is 73.2 Å². The van der Waals surface area contributed by atoms with E-state index in [9.17, 15) is 5.26 Å². The van der Waals surface area contributed by atoms with Crippen LogP contribution in [0.3, 0.4) is 0 Å². The minimum atomic E-state index is 0.655. The van der Waals surface area contributed by atoms with E-state index in [1.165, 1.54) is 33.4 Å². The molecule has 0 bridgehead atoms. The molecule has 0 saturated heterocycles. The fourth-order valence-electron chi connectivity index (χ4n) is 8.34. The Morgan fingerprint density at radius 1 is 0.387 bits per heavy atom. The SMILES string of the molecule is Cc1ccc(-c2ccc(-c3ccccc3-c3cc(CCc4ccc(-c5ccccn5)cc4)cc(CCc4ccc(-c5ccccn5)cc4)c3)c(-c3ccc(C#N)cc3C)c2)nc1. The number of aromatic nitrogens is 3. The molecule has 0 atom stereocenters. The van der Waals surface area contributed by atoms with Gasteiger partial charge in [0.05, 0.1) is 28.7 Å². The van der Waals surface area contributed by atoms with Crippen LogP contribution < -0.4 is 0 Å². The van der Waals surface area contributed by atoms with E-state index < -0.39 is 0 Å². The minimum absolute atomic E-state index is 0.655. The molecule has 0 amide bonds. The van der Waals surface area contributed by atoms with Crippen molar-refractivity contribution in [2.45, 2.75) is 39.5 Å². The second-order valence-electron chi connectivity index (χ2n) is 16.0. The van der Waals surface area contributed by atoms with E-state index in [2.05, 4.69) is 169 Å². The fourth-order valence-corrected chi connectivity index (χ4v) is 8.34. The van der Waals surface area contributed by atoms with Crippen molar-refractivity contribution in [3.05, 3.63) is 233 Å². The van der Waals surface area contributed by atoms with E-state index >= 15 is 0 Å². The largest absolute Gasteiger partial charge is 0.256 e. The highest BCUT2D eigenvalue weighted by Gasteiger charge is 2.17. The summed E-state index contributed by atoms with van der Waals surface area (Å²) >= 11 is 0. The minimum Gasteiger partial charge on any atom is -0.256 e. The quantitative estimate of drug-likeness (QED) is 0.123. The number of hydrogen-bond donors (Lipinski definition) is 0. The molecule has 0 aliphatic carbocycles. The van der Waals surface area contributed by atoms with Gasteiger partial charge in [-0.25, -0.2) is 0 Å². The predicted octanol–water partition coefficient (Wildman–Crippen LogP) is 13.9. The van der Waals surface area contributed by atoms with Crippen LogP contribution in [0.15, 0.2) is 195 Å². The lowest BCUT2D eigenvalue weighted by Gasteiger charge is -2.19. The topological polar surface area (TPSA) is 62.5 Å². The van der Waals surface area contributed by atoms with Gasteiger partial charge in [0.1, 0.15) is 0 Å². The van der Waals surface area contributed by atoms with Gasteiger partial charge >= 0.3 is 0 Å². The van der Waals surface area contributed by atoms with E-state index in [1.54, 1.807) is 0 Å². The van der Waals surface area contributed by atoms with Gasteiger partial charge < -0.3 is 0 Å². The Morgan fingerprint density at radius 2 is 0.919 bits per heavy atom. The van der Waals surface area contributed by atoms with Crippen molar-refractivity contribution in [3.63, 3.8) is 0 Å². The zero-order valence-corrected chi connectivity index (χ0v) is 35.1. The lowest BCUT2D eigenvalue weighted by molar-refractivity contribution is 0.931.